The topological polar surface area (TPSA) is 46.5 Å². The van der Waals surface area contributed by atoms with E-state index in [0.717, 1.165) is 26.8 Å². The Morgan fingerprint density at radius 3 is 2.43 bits per heavy atom. The summed E-state index contributed by atoms with van der Waals surface area (Å²) in [6.45, 7) is 5.75. The highest BCUT2D eigenvalue weighted by Gasteiger charge is 2.30. The van der Waals surface area contributed by atoms with Crippen molar-refractivity contribution in [3.05, 3.63) is 88.8 Å². The maximum Gasteiger partial charge on any atom is 0.331 e. The number of rotatable bonds is 6. The predicted molar refractivity (Wildman–Crippen MR) is 115 cm³/mol. The van der Waals surface area contributed by atoms with Crippen LogP contribution in [-0.4, -0.2) is 17.7 Å². The van der Waals surface area contributed by atoms with Gasteiger partial charge in [-0.05, 0) is 49.2 Å². The monoisotopic (exact) mass is 392 g/mol. The maximum absolute atomic E-state index is 12.2. The highest BCUT2D eigenvalue weighted by Crippen LogP contribution is 2.41. The van der Waals surface area contributed by atoms with Gasteiger partial charge in [-0.25, -0.2) is 4.79 Å². The van der Waals surface area contributed by atoms with Gasteiger partial charge < -0.3 is 9.84 Å². The van der Waals surface area contributed by atoms with Crippen molar-refractivity contribution in [2.45, 2.75) is 31.3 Å². The number of aryl methyl sites for hydroxylation is 1. The van der Waals surface area contributed by atoms with Crippen molar-refractivity contribution in [3.63, 3.8) is 0 Å². The number of esters is 1. The first-order chi connectivity index (χ1) is 13.4. The first kappa shape index (κ1) is 20.2. The van der Waals surface area contributed by atoms with Crippen molar-refractivity contribution < 1.29 is 14.6 Å². The number of benzene rings is 3. The van der Waals surface area contributed by atoms with E-state index in [9.17, 15) is 9.90 Å². The molecule has 0 saturated carbocycles. The van der Waals surface area contributed by atoms with Crippen LogP contribution in [0.4, 0.5) is 0 Å². The third-order valence-electron chi connectivity index (χ3n) is 4.58. The minimum Gasteiger partial charge on any atom is -0.463 e. The summed E-state index contributed by atoms with van der Waals surface area (Å²) in [6.07, 6.45) is 1.39. The van der Waals surface area contributed by atoms with E-state index in [1.54, 1.807) is 13.8 Å². The van der Waals surface area contributed by atoms with E-state index in [4.69, 9.17) is 4.74 Å². The molecule has 0 saturated heterocycles. The minimum absolute atomic E-state index is 0.288. The summed E-state index contributed by atoms with van der Waals surface area (Å²) in [6, 6.07) is 21.9. The van der Waals surface area contributed by atoms with Crippen molar-refractivity contribution in [1.82, 2.24) is 0 Å². The maximum atomic E-state index is 12.2. The molecule has 0 heterocycles. The van der Waals surface area contributed by atoms with Crippen molar-refractivity contribution in [2.75, 3.05) is 6.61 Å². The highest BCUT2D eigenvalue weighted by atomic mass is 32.2. The lowest BCUT2D eigenvalue weighted by atomic mass is 9.94. The molecule has 0 amide bonds. The second-order valence-electron chi connectivity index (χ2n) is 6.81. The smallest absolute Gasteiger partial charge is 0.331 e. The van der Waals surface area contributed by atoms with Crippen LogP contribution in [0.25, 0.3) is 10.8 Å². The van der Waals surface area contributed by atoms with Gasteiger partial charge in [-0.2, -0.15) is 0 Å². The molecule has 0 aromatic heterocycles. The Kier molecular flexibility index (Phi) is 6.22. The van der Waals surface area contributed by atoms with Gasteiger partial charge in [-0.1, -0.05) is 71.9 Å². The lowest BCUT2D eigenvalue weighted by Gasteiger charge is -2.27. The molecule has 3 rings (SSSR count). The second-order valence-corrected chi connectivity index (χ2v) is 7.93. The zero-order valence-corrected chi connectivity index (χ0v) is 17.1. The van der Waals surface area contributed by atoms with E-state index < -0.39 is 11.6 Å². The van der Waals surface area contributed by atoms with Gasteiger partial charge in [-0.15, -0.1) is 0 Å². The first-order valence-corrected chi connectivity index (χ1v) is 10.1. The van der Waals surface area contributed by atoms with Crippen LogP contribution in [0, 0.1) is 6.92 Å². The fourth-order valence-electron chi connectivity index (χ4n) is 2.94. The van der Waals surface area contributed by atoms with Gasteiger partial charge in [-0.3, -0.25) is 0 Å². The molecule has 0 bridgehead atoms. The quantitative estimate of drug-likeness (QED) is 0.337. The average molecular weight is 393 g/mol. The van der Waals surface area contributed by atoms with Gasteiger partial charge >= 0.3 is 5.97 Å². The first-order valence-electron chi connectivity index (χ1n) is 9.25. The van der Waals surface area contributed by atoms with Crippen LogP contribution in [0.5, 0.6) is 0 Å². The van der Waals surface area contributed by atoms with Gasteiger partial charge in [0.2, 0.25) is 0 Å². The summed E-state index contributed by atoms with van der Waals surface area (Å²) in [7, 11) is 0. The second kappa shape index (κ2) is 8.63. The zero-order valence-electron chi connectivity index (χ0n) is 16.3. The summed E-state index contributed by atoms with van der Waals surface area (Å²) < 4.78 is 5.09. The summed E-state index contributed by atoms with van der Waals surface area (Å²) >= 11 is 1.37. The Hall–Kier alpha value is -2.56. The van der Waals surface area contributed by atoms with E-state index >= 15 is 0 Å². The standard InChI is InChI=1S/C24H24O3S/c1-4-27-23(25)16-22(24(3,26)20-12-9-17(2)10-13-20)28-21-14-11-18-7-5-6-8-19(18)15-21/h5-16,26H,4H2,1-3H3/b22-16-. The molecular weight excluding hydrogens is 368 g/mol. The third-order valence-corrected chi connectivity index (χ3v) is 5.80. The number of carbonyl (C=O) groups excluding carboxylic acids is 1. The molecule has 0 aliphatic carbocycles. The summed E-state index contributed by atoms with van der Waals surface area (Å²) in [4.78, 5) is 13.6. The lowest BCUT2D eigenvalue weighted by Crippen LogP contribution is -2.23. The summed E-state index contributed by atoms with van der Waals surface area (Å²) in [5.41, 5.74) is 0.510. The summed E-state index contributed by atoms with van der Waals surface area (Å²) in [5.74, 6) is -0.460. The molecule has 3 nitrogen and oxygen atoms in total. The molecule has 0 fully saturated rings. The third kappa shape index (κ3) is 4.64. The molecule has 4 heteroatoms. The molecule has 28 heavy (non-hydrogen) atoms. The minimum atomic E-state index is -1.32. The Morgan fingerprint density at radius 1 is 1.07 bits per heavy atom. The molecule has 1 atom stereocenters. The van der Waals surface area contributed by atoms with Crippen LogP contribution >= 0.6 is 11.8 Å². The number of aliphatic hydroxyl groups is 1. The molecule has 0 spiro atoms. The lowest BCUT2D eigenvalue weighted by molar-refractivity contribution is -0.137. The number of hydrogen-bond donors (Lipinski definition) is 1. The number of ether oxygens (including phenoxy) is 1. The van der Waals surface area contributed by atoms with E-state index in [0.29, 0.717) is 4.91 Å². The van der Waals surface area contributed by atoms with E-state index in [1.165, 1.54) is 17.8 Å². The Labute approximate surface area is 170 Å². The Bertz CT molecular complexity index is 1000. The van der Waals surface area contributed by atoms with Gasteiger partial charge in [0.1, 0.15) is 5.60 Å². The van der Waals surface area contributed by atoms with E-state index in [1.807, 2.05) is 61.5 Å². The molecule has 1 N–H and O–H groups in total. The molecule has 3 aromatic rings. The number of thioether (sulfide) groups is 1. The van der Waals surface area contributed by atoms with E-state index in [-0.39, 0.29) is 6.61 Å². The van der Waals surface area contributed by atoms with Gasteiger partial charge in [0.05, 0.1) is 6.61 Å². The van der Waals surface area contributed by atoms with Crippen molar-refractivity contribution >= 4 is 28.5 Å². The highest BCUT2D eigenvalue weighted by molar-refractivity contribution is 8.03. The fraction of sp³-hybridized carbons (Fsp3) is 0.208. The average Bonchev–Trinajstić information content (AvgIpc) is 2.68. The van der Waals surface area contributed by atoms with Crippen LogP contribution < -0.4 is 0 Å². The number of fused-ring (bicyclic) bond motifs is 1. The van der Waals surface area contributed by atoms with Crippen LogP contribution in [0.15, 0.2) is 82.6 Å². The van der Waals surface area contributed by atoms with Gasteiger partial charge in [0, 0.05) is 15.9 Å². The molecular formula is C24H24O3S. The van der Waals surface area contributed by atoms with Crippen molar-refractivity contribution in [1.29, 1.82) is 0 Å². The fourth-order valence-corrected chi connectivity index (χ4v) is 3.99. The van der Waals surface area contributed by atoms with Crippen LogP contribution in [-0.2, 0) is 15.1 Å². The largest absolute Gasteiger partial charge is 0.463 e. The van der Waals surface area contributed by atoms with Gasteiger partial charge in [0.15, 0.2) is 0 Å². The van der Waals surface area contributed by atoms with Crippen LogP contribution in [0.1, 0.15) is 25.0 Å². The number of carbonyl (C=O) groups is 1. The molecule has 0 radical (unpaired) electrons. The molecule has 1 unspecified atom stereocenters. The molecule has 144 valence electrons. The number of hydrogen-bond acceptors (Lipinski definition) is 4. The predicted octanol–water partition coefficient (Wildman–Crippen LogP) is 5.60. The SMILES string of the molecule is CCOC(=O)/C=C(\Sc1ccc2ccccc2c1)C(C)(O)c1ccc(C)cc1. The van der Waals surface area contributed by atoms with Crippen LogP contribution in [0.3, 0.4) is 0 Å². The Morgan fingerprint density at radius 2 is 1.75 bits per heavy atom. The Balaban J connectivity index is 2.00. The van der Waals surface area contributed by atoms with Gasteiger partial charge in [0.25, 0.3) is 0 Å². The van der Waals surface area contributed by atoms with Crippen LogP contribution in [0.2, 0.25) is 0 Å². The normalized spacial score (nSPS) is 13.9. The zero-order chi connectivity index (χ0) is 20.1. The molecule has 0 aliphatic rings. The van der Waals surface area contributed by atoms with Crippen molar-refractivity contribution in [2.24, 2.45) is 0 Å². The van der Waals surface area contributed by atoms with E-state index in [2.05, 4.69) is 12.1 Å². The molecule has 3 aromatic carbocycles. The molecule has 0 aliphatic heterocycles. The van der Waals surface area contributed by atoms with Crippen molar-refractivity contribution in [3.8, 4) is 0 Å². The summed E-state index contributed by atoms with van der Waals surface area (Å²) in [5, 5.41) is 13.6.